The summed E-state index contributed by atoms with van der Waals surface area (Å²) in [6.45, 7) is 8.12. The van der Waals surface area contributed by atoms with Gasteiger partial charge in [-0.15, -0.1) is 0 Å². The van der Waals surface area contributed by atoms with Crippen LogP contribution in [0.3, 0.4) is 0 Å². The Morgan fingerprint density at radius 3 is 2.97 bits per heavy atom. The van der Waals surface area contributed by atoms with Gasteiger partial charge >= 0.3 is 0 Å². The second kappa shape index (κ2) is 12.3. The standard InChI is InChI=1S/C31H46N4O4/c1-5-14-35-18-23(39-19-31(17-28(31)35)22-10-7-6-8-11-22)12-9-13-32-30(36)21(2)29-24-15-26(37-3)27(38-4)16-25(24)33-20-34-29/h7,10-12,15,21,25,27-28,33-34H,5-6,8-9,13-14,16-20H2,1-4H3,(H,32,36)/b23-12+. The zero-order chi connectivity index (χ0) is 27.4. The Bertz CT molecular complexity index is 1080. The van der Waals surface area contributed by atoms with E-state index in [1.165, 1.54) is 12.0 Å². The molecule has 0 aromatic rings. The third kappa shape index (κ3) is 5.83. The summed E-state index contributed by atoms with van der Waals surface area (Å²) in [5.41, 5.74) is 3.65. The second-order valence-corrected chi connectivity index (χ2v) is 11.4. The van der Waals surface area contributed by atoms with Gasteiger partial charge in [0.15, 0.2) is 0 Å². The number of allylic oxidation sites excluding steroid dienone is 3. The number of rotatable bonds is 10. The Hall–Kier alpha value is -2.55. The van der Waals surface area contributed by atoms with Crippen LogP contribution in [0.2, 0.25) is 0 Å². The highest BCUT2D eigenvalue weighted by Crippen LogP contribution is 2.57. The minimum Gasteiger partial charge on any atom is -0.498 e. The molecule has 39 heavy (non-hydrogen) atoms. The predicted molar refractivity (Wildman–Crippen MR) is 152 cm³/mol. The first-order valence-corrected chi connectivity index (χ1v) is 14.7. The maximum Gasteiger partial charge on any atom is 0.228 e. The number of carbonyl (C=O) groups is 1. The number of fused-ring (bicyclic) bond motifs is 2. The predicted octanol–water partition coefficient (Wildman–Crippen LogP) is 3.51. The van der Waals surface area contributed by atoms with Gasteiger partial charge in [0.2, 0.25) is 5.91 Å². The SMILES string of the molecule is CCCN1C/C(=C\CCNC(=O)C(C)C2=C3C=C(OC)C(OC)CC3NCN2)OCC2(C3=CCCC=C3)CC12. The average Bonchev–Trinajstić information content (AvgIpc) is 3.73. The molecule has 2 aliphatic heterocycles. The van der Waals surface area contributed by atoms with Crippen molar-refractivity contribution in [3.63, 3.8) is 0 Å². The molecular formula is C31H46N4O4. The second-order valence-electron chi connectivity index (χ2n) is 11.4. The van der Waals surface area contributed by atoms with Gasteiger partial charge in [-0.05, 0) is 68.9 Å². The molecule has 0 spiro atoms. The number of methoxy groups -OCH3 is 2. The summed E-state index contributed by atoms with van der Waals surface area (Å²) in [5.74, 6) is 1.57. The van der Waals surface area contributed by atoms with Crippen molar-refractivity contribution in [1.29, 1.82) is 0 Å². The van der Waals surface area contributed by atoms with Crippen LogP contribution in [0.5, 0.6) is 0 Å². The van der Waals surface area contributed by atoms with Crippen LogP contribution in [-0.2, 0) is 19.0 Å². The van der Waals surface area contributed by atoms with E-state index >= 15 is 0 Å². The van der Waals surface area contributed by atoms with Crippen LogP contribution in [0.4, 0.5) is 0 Å². The van der Waals surface area contributed by atoms with Gasteiger partial charge in [-0.2, -0.15) is 0 Å². The lowest BCUT2D eigenvalue weighted by atomic mass is 9.86. The summed E-state index contributed by atoms with van der Waals surface area (Å²) in [5, 5.41) is 10.0. The van der Waals surface area contributed by atoms with E-state index < -0.39 is 0 Å². The molecule has 0 aromatic heterocycles. The number of nitrogens with one attached hydrogen (secondary N) is 3. The Labute approximate surface area is 233 Å². The first-order valence-electron chi connectivity index (χ1n) is 14.7. The maximum absolute atomic E-state index is 13.1. The molecule has 5 aliphatic rings. The summed E-state index contributed by atoms with van der Waals surface area (Å²) in [4.78, 5) is 15.7. The van der Waals surface area contributed by atoms with Gasteiger partial charge < -0.3 is 24.8 Å². The van der Waals surface area contributed by atoms with Crippen LogP contribution in [0.1, 0.15) is 52.4 Å². The van der Waals surface area contributed by atoms with Crippen molar-refractivity contribution < 1.29 is 19.0 Å². The van der Waals surface area contributed by atoms with Crippen LogP contribution in [0.15, 0.2) is 58.7 Å². The Morgan fingerprint density at radius 1 is 1.36 bits per heavy atom. The summed E-state index contributed by atoms with van der Waals surface area (Å²) in [6.07, 6.45) is 17.3. The summed E-state index contributed by atoms with van der Waals surface area (Å²) in [7, 11) is 3.37. The van der Waals surface area contributed by atoms with Crippen molar-refractivity contribution in [2.45, 2.75) is 70.6 Å². The molecule has 0 aromatic carbocycles. The summed E-state index contributed by atoms with van der Waals surface area (Å²) >= 11 is 0. The third-order valence-electron chi connectivity index (χ3n) is 8.97. The average molecular weight is 539 g/mol. The van der Waals surface area contributed by atoms with E-state index in [0.717, 1.165) is 74.6 Å². The van der Waals surface area contributed by atoms with Crippen molar-refractivity contribution >= 4 is 5.91 Å². The summed E-state index contributed by atoms with van der Waals surface area (Å²) < 4.78 is 17.6. The van der Waals surface area contributed by atoms with E-state index in [-0.39, 0.29) is 29.4 Å². The molecule has 5 unspecified atom stereocenters. The minimum absolute atomic E-state index is 0.0240. The minimum atomic E-state index is -0.288. The van der Waals surface area contributed by atoms with Gasteiger partial charge in [-0.3, -0.25) is 15.0 Å². The Balaban J connectivity index is 1.19. The first-order chi connectivity index (χ1) is 19.0. The van der Waals surface area contributed by atoms with Gasteiger partial charge in [0, 0.05) is 43.3 Å². The van der Waals surface area contributed by atoms with E-state index in [4.69, 9.17) is 14.2 Å². The van der Waals surface area contributed by atoms with Crippen LogP contribution in [0.25, 0.3) is 0 Å². The largest absolute Gasteiger partial charge is 0.498 e. The molecule has 1 saturated carbocycles. The molecule has 2 fully saturated rings. The normalized spacial score (nSPS) is 32.1. The van der Waals surface area contributed by atoms with Gasteiger partial charge in [0.05, 0.1) is 32.8 Å². The highest BCUT2D eigenvalue weighted by Gasteiger charge is 2.60. The Kier molecular flexibility index (Phi) is 8.84. The monoisotopic (exact) mass is 538 g/mol. The molecule has 214 valence electrons. The molecule has 0 radical (unpaired) electrons. The lowest BCUT2D eigenvalue weighted by Crippen LogP contribution is -2.50. The zero-order valence-corrected chi connectivity index (χ0v) is 24.1. The molecule has 5 atom stereocenters. The topological polar surface area (TPSA) is 84.1 Å². The van der Waals surface area contributed by atoms with Crippen molar-refractivity contribution in [2.24, 2.45) is 11.3 Å². The smallest absolute Gasteiger partial charge is 0.228 e. The lowest BCUT2D eigenvalue weighted by Gasteiger charge is -2.37. The molecule has 8 heteroatoms. The van der Waals surface area contributed by atoms with Gasteiger partial charge in [-0.1, -0.05) is 25.2 Å². The van der Waals surface area contributed by atoms with E-state index in [9.17, 15) is 4.79 Å². The molecule has 5 rings (SSSR count). The number of hydrogen-bond acceptors (Lipinski definition) is 7. The Morgan fingerprint density at radius 2 is 2.23 bits per heavy atom. The fourth-order valence-corrected chi connectivity index (χ4v) is 6.67. The molecule has 2 heterocycles. The van der Waals surface area contributed by atoms with E-state index in [2.05, 4.69) is 52.1 Å². The van der Waals surface area contributed by atoms with Gasteiger partial charge in [0.25, 0.3) is 0 Å². The number of ether oxygens (including phenoxy) is 3. The number of nitrogens with zero attached hydrogens (tertiary/aromatic N) is 1. The van der Waals surface area contributed by atoms with Crippen molar-refractivity contribution in [3.8, 4) is 0 Å². The number of carbonyl (C=O) groups excluding carboxylic acids is 1. The number of hydrogen-bond donors (Lipinski definition) is 3. The van der Waals surface area contributed by atoms with Crippen LogP contribution in [-0.4, -0.2) is 76.1 Å². The zero-order valence-electron chi connectivity index (χ0n) is 24.1. The fourth-order valence-electron chi connectivity index (χ4n) is 6.67. The molecule has 8 nitrogen and oxygen atoms in total. The van der Waals surface area contributed by atoms with E-state index in [1.807, 2.05) is 13.0 Å². The number of amides is 1. The third-order valence-corrected chi connectivity index (χ3v) is 8.97. The van der Waals surface area contributed by atoms with Gasteiger partial charge in [-0.25, -0.2) is 0 Å². The molecule has 1 amide bonds. The van der Waals surface area contributed by atoms with Crippen LogP contribution >= 0.6 is 0 Å². The van der Waals surface area contributed by atoms with Crippen LogP contribution < -0.4 is 16.0 Å². The quantitative estimate of drug-likeness (QED) is 0.367. The van der Waals surface area contributed by atoms with E-state index in [1.54, 1.807) is 14.2 Å². The van der Waals surface area contributed by atoms with Crippen molar-refractivity contribution in [3.05, 3.63) is 58.7 Å². The molecular weight excluding hydrogens is 492 g/mol. The summed E-state index contributed by atoms with van der Waals surface area (Å²) in [6, 6.07) is 0.707. The highest BCUT2D eigenvalue weighted by atomic mass is 16.5. The van der Waals surface area contributed by atoms with Crippen LogP contribution in [0, 0.1) is 11.3 Å². The molecule has 3 N–H and O–H groups in total. The molecule has 0 bridgehead atoms. The molecule has 1 saturated heterocycles. The highest BCUT2D eigenvalue weighted by molar-refractivity contribution is 5.81. The van der Waals surface area contributed by atoms with Gasteiger partial charge in [0.1, 0.15) is 17.6 Å². The van der Waals surface area contributed by atoms with Crippen molar-refractivity contribution in [2.75, 3.05) is 47.1 Å². The first kappa shape index (κ1) is 28.0. The van der Waals surface area contributed by atoms with E-state index in [0.29, 0.717) is 19.3 Å². The molecule has 3 aliphatic carbocycles. The lowest BCUT2D eigenvalue weighted by molar-refractivity contribution is -0.123. The van der Waals surface area contributed by atoms with Crippen molar-refractivity contribution in [1.82, 2.24) is 20.9 Å². The fraction of sp³-hybridized carbons (Fsp3) is 0.645. The maximum atomic E-state index is 13.1.